The maximum atomic E-state index is 12.3. The third kappa shape index (κ3) is 4.55. The first-order valence-electron chi connectivity index (χ1n) is 5.87. The van der Waals surface area contributed by atoms with E-state index in [1.165, 1.54) is 17.0 Å². The van der Waals surface area contributed by atoms with Gasteiger partial charge in [-0.15, -0.1) is 0 Å². The number of amides is 2. The molecular weight excluding hydrogens is 312 g/mol. The zero-order valence-electron chi connectivity index (χ0n) is 10.9. The number of phenolic OH excluding ortho intramolecular Hbond substituents is 1. The highest BCUT2D eigenvalue weighted by atomic mass is 79.9. The molecule has 0 unspecified atom stereocenters. The zero-order chi connectivity index (χ0) is 14.6. The van der Waals surface area contributed by atoms with Gasteiger partial charge in [-0.2, -0.15) is 0 Å². The van der Waals surface area contributed by atoms with Gasteiger partial charge in [0.05, 0.1) is 12.1 Å². The summed E-state index contributed by atoms with van der Waals surface area (Å²) in [6.07, 6.45) is 0. The van der Waals surface area contributed by atoms with Gasteiger partial charge < -0.3 is 15.7 Å². The van der Waals surface area contributed by atoms with Gasteiger partial charge in [-0.25, -0.2) is 0 Å². The van der Waals surface area contributed by atoms with Crippen molar-refractivity contribution in [3.63, 3.8) is 0 Å². The van der Waals surface area contributed by atoms with E-state index in [1.807, 2.05) is 13.8 Å². The predicted molar refractivity (Wildman–Crippen MR) is 75.7 cm³/mol. The lowest BCUT2D eigenvalue weighted by molar-refractivity contribution is -0.118. The van der Waals surface area contributed by atoms with Crippen molar-refractivity contribution in [2.75, 3.05) is 13.1 Å². The van der Waals surface area contributed by atoms with Gasteiger partial charge in [-0.05, 0) is 24.1 Å². The number of hydrogen-bond donors (Lipinski definition) is 2. The number of hydrogen-bond acceptors (Lipinski definition) is 3. The molecule has 0 aliphatic heterocycles. The molecule has 5 nitrogen and oxygen atoms in total. The molecule has 6 heteroatoms. The monoisotopic (exact) mass is 328 g/mol. The van der Waals surface area contributed by atoms with Crippen LogP contribution in [-0.2, 0) is 4.79 Å². The van der Waals surface area contributed by atoms with Crippen molar-refractivity contribution in [3.8, 4) is 5.75 Å². The van der Waals surface area contributed by atoms with E-state index in [4.69, 9.17) is 5.73 Å². The fraction of sp³-hybridized carbons (Fsp3) is 0.385. The van der Waals surface area contributed by atoms with E-state index < -0.39 is 11.8 Å². The Labute approximate surface area is 120 Å². The summed E-state index contributed by atoms with van der Waals surface area (Å²) in [6, 6.07) is 4.58. The molecule has 1 aromatic rings. The van der Waals surface area contributed by atoms with Gasteiger partial charge in [0, 0.05) is 11.0 Å². The van der Waals surface area contributed by atoms with Crippen molar-refractivity contribution in [2.45, 2.75) is 13.8 Å². The Balaban J connectivity index is 3.03. The number of carbonyl (C=O) groups is 2. The molecular formula is C13H17BrN2O3. The highest BCUT2D eigenvalue weighted by molar-refractivity contribution is 9.10. The summed E-state index contributed by atoms with van der Waals surface area (Å²) in [5.74, 6) is -0.918. The van der Waals surface area contributed by atoms with Crippen LogP contribution in [0.1, 0.15) is 24.2 Å². The van der Waals surface area contributed by atoms with Crippen LogP contribution in [0.5, 0.6) is 5.75 Å². The lowest BCUT2D eigenvalue weighted by Crippen LogP contribution is -2.40. The zero-order valence-corrected chi connectivity index (χ0v) is 12.5. The number of nitrogens with zero attached hydrogens (tertiary/aromatic N) is 1. The highest BCUT2D eigenvalue weighted by Gasteiger charge is 2.21. The Kier molecular flexibility index (Phi) is 5.35. The molecule has 0 bridgehead atoms. The molecule has 0 atom stereocenters. The van der Waals surface area contributed by atoms with Gasteiger partial charge in [-0.1, -0.05) is 29.8 Å². The first-order chi connectivity index (χ1) is 8.81. The van der Waals surface area contributed by atoms with E-state index >= 15 is 0 Å². The van der Waals surface area contributed by atoms with Crippen molar-refractivity contribution in [1.82, 2.24) is 4.90 Å². The second-order valence-electron chi connectivity index (χ2n) is 4.71. The number of carbonyl (C=O) groups excluding carboxylic acids is 2. The number of aromatic hydroxyl groups is 1. The van der Waals surface area contributed by atoms with Gasteiger partial charge in [0.25, 0.3) is 5.91 Å². The topological polar surface area (TPSA) is 83.6 Å². The minimum Gasteiger partial charge on any atom is -0.507 e. The Morgan fingerprint density at radius 1 is 1.42 bits per heavy atom. The van der Waals surface area contributed by atoms with Crippen LogP contribution >= 0.6 is 15.9 Å². The van der Waals surface area contributed by atoms with Crippen molar-refractivity contribution in [3.05, 3.63) is 28.2 Å². The number of primary amides is 1. The van der Waals surface area contributed by atoms with Crippen LogP contribution in [0.4, 0.5) is 0 Å². The van der Waals surface area contributed by atoms with E-state index in [0.29, 0.717) is 11.0 Å². The van der Waals surface area contributed by atoms with Gasteiger partial charge >= 0.3 is 0 Å². The van der Waals surface area contributed by atoms with Crippen LogP contribution in [0.15, 0.2) is 22.7 Å². The fourth-order valence-corrected chi connectivity index (χ4v) is 2.06. The average Bonchev–Trinajstić information content (AvgIpc) is 2.29. The SMILES string of the molecule is CC(C)CN(CC(N)=O)C(=O)c1cc(Br)ccc1O. The Bertz CT molecular complexity index is 489. The van der Waals surface area contributed by atoms with Crippen LogP contribution in [-0.4, -0.2) is 34.9 Å². The van der Waals surface area contributed by atoms with Crippen molar-refractivity contribution in [2.24, 2.45) is 11.7 Å². The summed E-state index contributed by atoms with van der Waals surface area (Å²) in [5.41, 5.74) is 5.30. The van der Waals surface area contributed by atoms with Gasteiger partial charge in [0.1, 0.15) is 5.75 Å². The summed E-state index contributed by atoms with van der Waals surface area (Å²) in [4.78, 5) is 24.7. The van der Waals surface area contributed by atoms with Crippen molar-refractivity contribution < 1.29 is 14.7 Å². The number of benzene rings is 1. The van der Waals surface area contributed by atoms with E-state index in [-0.39, 0.29) is 23.8 Å². The maximum Gasteiger partial charge on any atom is 0.258 e. The third-order valence-electron chi connectivity index (χ3n) is 2.41. The van der Waals surface area contributed by atoms with E-state index in [1.54, 1.807) is 6.07 Å². The molecule has 0 saturated carbocycles. The quantitative estimate of drug-likeness (QED) is 0.863. The van der Waals surface area contributed by atoms with Crippen LogP contribution in [0.2, 0.25) is 0 Å². The molecule has 1 aromatic carbocycles. The lowest BCUT2D eigenvalue weighted by atomic mass is 10.1. The molecule has 1 rings (SSSR count). The lowest BCUT2D eigenvalue weighted by Gasteiger charge is -2.23. The predicted octanol–water partition coefficient (Wildman–Crippen LogP) is 1.74. The molecule has 0 fully saturated rings. The van der Waals surface area contributed by atoms with Crippen LogP contribution in [0.3, 0.4) is 0 Å². The molecule has 19 heavy (non-hydrogen) atoms. The third-order valence-corrected chi connectivity index (χ3v) is 2.90. The number of halogens is 1. The molecule has 3 N–H and O–H groups in total. The van der Waals surface area contributed by atoms with Gasteiger partial charge in [0.15, 0.2) is 0 Å². The highest BCUT2D eigenvalue weighted by Crippen LogP contribution is 2.23. The summed E-state index contributed by atoms with van der Waals surface area (Å²) >= 11 is 3.24. The average molecular weight is 329 g/mol. The van der Waals surface area contributed by atoms with Crippen molar-refractivity contribution >= 4 is 27.7 Å². The Morgan fingerprint density at radius 3 is 2.58 bits per heavy atom. The standard InChI is InChI=1S/C13H17BrN2O3/c1-8(2)6-16(7-12(15)18)13(19)10-5-9(14)3-4-11(10)17/h3-5,8,17H,6-7H2,1-2H3,(H2,15,18). The van der Waals surface area contributed by atoms with E-state index in [9.17, 15) is 14.7 Å². The number of nitrogens with two attached hydrogens (primary N) is 1. The Morgan fingerprint density at radius 2 is 2.05 bits per heavy atom. The fourth-order valence-electron chi connectivity index (χ4n) is 1.70. The smallest absolute Gasteiger partial charge is 0.258 e. The van der Waals surface area contributed by atoms with E-state index in [0.717, 1.165) is 0 Å². The second kappa shape index (κ2) is 6.56. The molecule has 0 aliphatic carbocycles. The summed E-state index contributed by atoms with van der Waals surface area (Å²) in [7, 11) is 0. The second-order valence-corrected chi connectivity index (χ2v) is 5.62. The molecule has 0 saturated heterocycles. The summed E-state index contributed by atoms with van der Waals surface area (Å²) in [5, 5.41) is 9.74. The summed E-state index contributed by atoms with van der Waals surface area (Å²) in [6.45, 7) is 4.10. The largest absolute Gasteiger partial charge is 0.507 e. The minimum atomic E-state index is -0.580. The number of rotatable bonds is 5. The van der Waals surface area contributed by atoms with Crippen LogP contribution in [0, 0.1) is 5.92 Å². The normalized spacial score (nSPS) is 10.5. The summed E-state index contributed by atoms with van der Waals surface area (Å²) < 4.78 is 0.678. The number of phenols is 1. The molecule has 0 aromatic heterocycles. The molecule has 2 amide bonds. The van der Waals surface area contributed by atoms with E-state index in [2.05, 4.69) is 15.9 Å². The molecule has 0 aliphatic rings. The maximum absolute atomic E-state index is 12.3. The molecule has 104 valence electrons. The minimum absolute atomic E-state index is 0.119. The molecule has 0 radical (unpaired) electrons. The first-order valence-corrected chi connectivity index (χ1v) is 6.66. The van der Waals surface area contributed by atoms with Crippen LogP contribution < -0.4 is 5.73 Å². The first kappa shape index (κ1) is 15.5. The van der Waals surface area contributed by atoms with Gasteiger partial charge in [0.2, 0.25) is 5.91 Å². The molecule has 0 heterocycles. The Hall–Kier alpha value is -1.56. The molecule has 0 spiro atoms. The van der Waals surface area contributed by atoms with Gasteiger partial charge in [-0.3, -0.25) is 9.59 Å². The van der Waals surface area contributed by atoms with Crippen molar-refractivity contribution in [1.29, 1.82) is 0 Å². The van der Waals surface area contributed by atoms with Crippen LogP contribution in [0.25, 0.3) is 0 Å².